The van der Waals surface area contributed by atoms with Crippen LogP contribution in [0.25, 0.3) is 16.7 Å². The molecule has 0 unspecified atom stereocenters. The van der Waals surface area contributed by atoms with Gasteiger partial charge in [-0.05, 0) is 65.1 Å². The van der Waals surface area contributed by atoms with Gasteiger partial charge in [-0.25, -0.2) is 0 Å². The Labute approximate surface area is 213 Å². The lowest BCUT2D eigenvalue weighted by Crippen LogP contribution is -2.33. The highest BCUT2D eigenvalue weighted by molar-refractivity contribution is 5.85. The Hall–Kier alpha value is -4.22. The molecule has 4 aromatic carbocycles. The number of hydrogen-bond donors (Lipinski definition) is 0. The predicted molar refractivity (Wildman–Crippen MR) is 146 cm³/mol. The van der Waals surface area contributed by atoms with E-state index in [2.05, 4.69) is 112 Å². The summed E-state index contributed by atoms with van der Waals surface area (Å²) >= 11 is 0. The Morgan fingerprint density at radius 2 is 1.42 bits per heavy atom. The molecule has 0 N–H and O–H groups in total. The van der Waals surface area contributed by atoms with Crippen LogP contribution < -0.4 is 9.47 Å². The van der Waals surface area contributed by atoms with E-state index < -0.39 is 5.60 Å². The van der Waals surface area contributed by atoms with Crippen molar-refractivity contribution in [3.63, 3.8) is 0 Å². The molecule has 0 saturated carbocycles. The normalized spacial score (nSPS) is 14.7. The maximum Gasteiger partial charge on any atom is 0.179 e. The highest BCUT2D eigenvalue weighted by Crippen LogP contribution is 2.54. The van der Waals surface area contributed by atoms with Crippen molar-refractivity contribution in [2.75, 3.05) is 6.61 Å². The average molecular weight is 469 g/mol. The van der Waals surface area contributed by atoms with Crippen LogP contribution in [-0.2, 0) is 11.0 Å². The first-order valence-corrected chi connectivity index (χ1v) is 12.3. The van der Waals surface area contributed by atoms with Gasteiger partial charge in [-0.15, -0.1) is 6.42 Å². The molecule has 2 nitrogen and oxygen atoms in total. The molecule has 1 aliphatic carbocycles. The van der Waals surface area contributed by atoms with E-state index in [-0.39, 0.29) is 12.0 Å². The Bertz CT molecular complexity index is 1500. The van der Waals surface area contributed by atoms with E-state index in [1.54, 1.807) is 0 Å². The van der Waals surface area contributed by atoms with E-state index in [0.29, 0.717) is 0 Å². The lowest BCUT2D eigenvalue weighted by Gasteiger charge is -2.36. The molecule has 1 aliphatic heterocycles. The van der Waals surface area contributed by atoms with Gasteiger partial charge in [0.1, 0.15) is 18.1 Å². The van der Waals surface area contributed by atoms with Crippen LogP contribution in [0.5, 0.6) is 11.5 Å². The highest BCUT2D eigenvalue weighted by atomic mass is 16.5. The van der Waals surface area contributed by atoms with Crippen LogP contribution in [0.15, 0.2) is 97.1 Å². The average Bonchev–Trinajstić information content (AvgIpc) is 3.17. The summed E-state index contributed by atoms with van der Waals surface area (Å²) < 4.78 is 12.5. The van der Waals surface area contributed by atoms with Gasteiger partial charge in [0.15, 0.2) is 5.60 Å². The highest BCUT2D eigenvalue weighted by Gasteiger charge is 2.46. The number of fused-ring (bicyclic) bond motifs is 6. The molecule has 176 valence electrons. The van der Waals surface area contributed by atoms with Crippen molar-refractivity contribution in [1.82, 2.24) is 0 Å². The Kier molecular flexibility index (Phi) is 5.06. The predicted octanol–water partition coefficient (Wildman–Crippen LogP) is 7.74. The van der Waals surface area contributed by atoms with Crippen molar-refractivity contribution in [3.05, 3.63) is 125 Å². The number of terminal acetylenes is 1. The molecule has 2 heteroatoms. The van der Waals surface area contributed by atoms with E-state index in [1.165, 1.54) is 39.0 Å². The van der Waals surface area contributed by atoms with Crippen molar-refractivity contribution < 1.29 is 9.47 Å². The zero-order chi connectivity index (χ0) is 24.9. The fourth-order valence-electron chi connectivity index (χ4n) is 5.66. The van der Waals surface area contributed by atoms with Gasteiger partial charge in [0, 0.05) is 22.1 Å². The van der Waals surface area contributed by atoms with Crippen LogP contribution in [0.3, 0.4) is 0 Å². The summed E-state index contributed by atoms with van der Waals surface area (Å²) in [4.78, 5) is 0. The third kappa shape index (κ3) is 3.28. The molecule has 2 aliphatic rings. The molecule has 1 heterocycles. The van der Waals surface area contributed by atoms with Gasteiger partial charge < -0.3 is 9.47 Å². The minimum atomic E-state index is -0.602. The number of ether oxygens (including phenoxy) is 2. The molecule has 0 radical (unpaired) electrons. The monoisotopic (exact) mass is 468 g/mol. The summed E-state index contributed by atoms with van der Waals surface area (Å²) in [6.45, 7) is 6.97. The Balaban J connectivity index is 1.40. The Morgan fingerprint density at radius 3 is 2.06 bits per heavy atom. The lowest BCUT2D eigenvalue weighted by atomic mass is 9.76. The topological polar surface area (TPSA) is 18.5 Å². The molecular weight excluding hydrogens is 440 g/mol. The van der Waals surface area contributed by atoms with Gasteiger partial charge in [-0.1, -0.05) is 86.5 Å². The quantitative estimate of drug-likeness (QED) is 0.285. The maximum absolute atomic E-state index is 6.92. The largest absolute Gasteiger partial charge is 0.481 e. The van der Waals surface area contributed by atoms with Gasteiger partial charge >= 0.3 is 0 Å². The first-order valence-electron chi connectivity index (χ1n) is 12.3. The van der Waals surface area contributed by atoms with Crippen LogP contribution in [0, 0.1) is 12.3 Å². The van der Waals surface area contributed by atoms with Crippen LogP contribution in [-0.4, -0.2) is 6.61 Å². The van der Waals surface area contributed by atoms with Crippen LogP contribution in [0.2, 0.25) is 0 Å². The van der Waals surface area contributed by atoms with Crippen LogP contribution >= 0.6 is 0 Å². The van der Waals surface area contributed by atoms with E-state index in [9.17, 15) is 0 Å². The van der Waals surface area contributed by atoms with E-state index in [0.717, 1.165) is 17.1 Å². The molecule has 0 fully saturated rings. The third-order valence-electron chi connectivity index (χ3n) is 7.66. The molecule has 4 aromatic rings. The second-order valence-electron chi connectivity index (χ2n) is 10.1. The van der Waals surface area contributed by atoms with Gasteiger partial charge in [0.05, 0.1) is 0 Å². The Morgan fingerprint density at radius 1 is 0.806 bits per heavy atom. The molecule has 0 amide bonds. The van der Waals surface area contributed by atoms with Crippen LogP contribution in [0.1, 0.15) is 48.6 Å². The number of allylic oxidation sites excluding steroid dienone is 1. The fourth-order valence-corrected chi connectivity index (χ4v) is 5.66. The van der Waals surface area contributed by atoms with Crippen molar-refractivity contribution in [2.45, 2.75) is 31.8 Å². The van der Waals surface area contributed by atoms with Crippen molar-refractivity contribution >= 4 is 5.57 Å². The van der Waals surface area contributed by atoms with Gasteiger partial charge in [-0.3, -0.25) is 0 Å². The molecule has 36 heavy (non-hydrogen) atoms. The molecule has 1 spiro atoms. The molecule has 0 atom stereocenters. The third-order valence-corrected chi connectivity index (χ3v) is 7.66. The zero-order valence-corrected chi connectivity index (χ0v) is 20.8. The van der Waals surface area contributed by atoms with Gasteiger partial charge in [-0.2, -0.15) is 0 Å². The number of rotatable bonds is 4. The maximum atomic E-state index is 6.92. The number of benzene rings is 4. The second kappa shape index (κ2) is 8.18. The van der Waals surface area contributed by atoms with Gasteiger partial charge in [0.2, 0.25) is 0 Å². The second-order valence-corrected chi connectivity index (χ2v) is 10.1. The minimum Gasteiger partial charge on any atom is -0.481 e. The molecule has 0 aromatic heterocycles. The van der Waals surface area contributed by atoms with Gasteiger partial charge in [0.25, 0.3) is 0 Å². The summed E-state index contributed by atoms with van der Waals surface area (Å²) in [6, 6.07) is 32.0. The van der Waals surface area contributed by atoms with E-state index >= 15 is 0 Å². The summed E-state index contributed by atoms with van der Waals surface area (Å²) in [5, 5.41) is 0. The lowest BCUT2D eigenvalue weighted by molar-refractivity contribution is 0.165. The summed E-state index contributed by atoms with van der Waals surface area (Å²) in [5.74, 6) is 4.21. The van der Waals surface area contributed by atoms with E-state index in [1.807, 2.05) is 12.1 Å². The summed E-state index contributed by atoms with van der Waals surface area (Å²) in [7, 11) is 0. The van der Waals surface area contributed by atoms with Crippen molar-refractivity contribution in [1.29, 1.82) is 0 Å². The molecule has 0 bridgehead atoms. The van der Waals surface area contributed by atoms with Crippen molar-refractivity contribution in [2.24, 2.45) is 0 Å². The van der Waals surface area contributed by atoms with Crippen LogP contribution in [0.4, 0.5) is 0 Å². The standard InChI is InChI=1S/C34H28O2/c1-5-20-35-26-17-14-24(15-18-26)33(3,4)25-16-19-32-29(21-25)23(2)22-34(36-32)30-12-8-6-10-27(30)28-11-7-9-13-31(28)34/h1,6-19,21-22H,20H2,2-4H3. The first-order chi connectivity index (χ1) is 17.4. The first kappa shape index (κ1) is 22.3. The number of hydrogen-bond acceptors (Lipinski definition) is 2. The molecule has 0 saturated heterocycles. The van der Waals surface area contributed by atoms with Crippen molar-refractivity contribution in [3.8, 4) is 35.0 Å². The smallest absolute Gasteiger partial charge is 0.179 e. The molecule has 6 rings (SSSR count). The summed E-state index contributed by atoms with van der Waals surface area (Å²) in [5.41, 5.74) is 8.90. The minimum absolute atomic E-state index is 0.193. The zero-order valence-electron chi connectivity index (χ0n) is 20.8. The fraction of sp³-hybridized carbons (Fsp3) is 0.176. The molecular formula is C34H28O2. The summed E-state index contributed by atoms with van der Waals surface area (Å²) in [6.07, 6.45) is 7.61. The SMILES string of the molecule is C#CCOc1ccc(C(C)(C)c2ccc3c(c2)C(C)=CC2(O3)c3ccccc3-c3ccccc32)cc1. The van der Waals surface area contributed by atoms with E-state index in [4.69, 9.17) is 15.9 Å².